The van der Waals surface area contributed by atoms with E-state index in [0.717, 1.165) is 0 Å². The smallest absolute Gasteiger partial charge is 0.126 e. The quantitative estimate of drug-likeness (QED) is 0.678. The van der Waals surface area contributed by atoms with E-state index < -0.39 is 0 Å². The molecule has 4 heteroatoms. The number of carbonyl (C=O) groups excluding carboxylic acids is 2. The van der Waals surface area contributed by atoms with Crippen LogP contribution >= 0.6 is 0 Å². The summed E-state index contributed by atoms with van der Waals surface area (Å²) in [5, 5.41) is 16.1. The number of Topliss-reactive ketones (excluding diaryl/α,β-unsaturated/α-hetero) is 2. The van der Waals surface area contributed by atoms with Gasteiger partial charge in [0.25, 0.3) is 0 Å². The van der Waals surface area contributed by atoms with Gasteiger partial charge in [0.05, 0.1) is 0 Å². The fraction of sp³-hybridized carbons (Fsp3) is 0.833. The normalized spacial score (nSPS) is 7.75. The predicted octanol–water partition coefficient (Wildman–Crippen LogP) is 2.21. The van der Waals surface area contributed by atoms with Gasteiger partial charge in [0, 0.05) is 13.6 Å². The average molecular weight is 238 g/mol. The lowest BCUT2D eigenvalue weighted by Gasteiger charge is -1.80. The highest BCUT2D eigenvalue weighted by atomic mass is 16.3. The van der Waals surface area contributed by atoms with Crippen LogP contribution in [0.4, 0.5) is 0 Å². The van der Waals surface area contributed by atoms with Crippen molar-refractivity contribution in [1.82, 2.24) is 0 Å². The first-order valence-electron chi connectivity index (χ1n) is 5.23. The molecule has 0 atom stereocenters. The van der Waals surface area contributed by atoms with Crippen molar-refractivity contribution in [3.05, 3.63) is 0 Å². The summed E-state index contributed by atoms with van der Waals surface area (Å²) < 4.78 is 0. The lowest BCUT2D eigenvalue weighted by Crippen LogP contribution is -1.85. The minimum absolute atomic E-state index is 0. The molecular formula is C12H30O4. The lowest BCUT2D eigenvalue weighted by atomic mass is 10.5. The summed E-state index contributed by atoms with van der Waals surface area (Å²) >= 11 is 0. The largest absolute Gasteiger partial charge is 0.394 e. The van der Waals surface area contributed by atoms with E-state index in [4.69, 9.17) is 10.2 Å². The molecule has 0 aliphatic heterocycles. The van der Waals surface area contributed by atoms with Gasteiger partial charge in [0.1, 0.15) is 11.6 Å². The standard InChI is InChI=1S/2C3H8O.2C3H6O.H2/c4*1-3(2)4;/h2*3-4H,1-2H3;2*1-2H3;1H. The minimum atomic E-state index is -0.167. The fourth-order valence-corrected chi connectivity index (χ4v) is 0. The van der Waals surface area contributed by atoms with Crippen molar-refractivity contribution in [3.8, 4) is 0 Å². The molecule has 0 fully saturated rings. The van der Waals surface area contributed by atoms with Crippen LogP contribution in [0.25, 0.3) is 0 Å². The molecule has 0 radical (unpaired) electrons. The molecule has 0 bridgehead atoms. The van der Waals surface area contributed by atoms with Gasteiger partial charge in [-0.25, -0.2) is 0 Å². The molecule has 16 heavy (non-hydrogen) atoms. The van der Waals surface area contributed by atoms with Crippen molar-refractivity contribution in [2.45, 2.75) is 67.6 Å². The number of hydrogen-bond donors (Lipinski definition) is 2. The van der Waals surface area contributed by atoms with E-state index in [0.29, 0.717) is 0 Å². The van der Waals surface area contributed by atoms with Crippen LogP contribution < -0.4 is 0 Å². The molecule has 0 saturated heterocycles. The minimum Gasteiger partial charge on any atom is -0.394 e. The van der Waals surface area contributed by atoms with Gasteiger partial charge in [-0.05, 0) is 55.4 Å². The monoisotopic (exact) mass is 238 g/mol. The summed E-state index contributed by atoms with van der Waals surface area (Å²) in [6.45, 7) is 13.0. The first-order chi connectivity index (χ1) is 6.93. The van der Waals surface area contributed by atoms with Crippen LogP contribution in [0.5, 0.6) is 0 Å². The molecular weight excluding hydrogens is 208 g/mol. The van der Waals surface area contributed by atoms with Crippen LogP contribution in [0, 0.1) is 0 Å². The Labute approximate surface area is 101 Å². The number of carbonyl (C=O) groups is 2. The van der Waals surface area contributed by atoms with Crippen LogP contribution in [0.1, 0.15) is 56.8 Å². The van der Waals surface area contributed by atoms with Crippen LogP contribution in [-0.2, 0) is 9.59 Å². The van der Waals surface area contributed by atoms with E-state index in [-0.39, 0.29) is 25.2 Å². The Morgan fingerprint density at radius 2 is 0.750 bits per heavy atom. The third kappa shape index (κ3) is 3640. The Morgan fingerprint density at radius 1 is 0.750 bits per heavy atom. The van der Waals surface area contributed by atoms with Gasteiger partial charge in [-0.2, -0.15) is 0 Å². The second kappa shape index (κ2) is 19.8. The summed E-state index contributed by atoms with van der Waals surface area (Å²) in [5.74, 6) is 0.333. The summed E-state index contributed by atoms with van der Waals surface area (Å²) in [7, 11) is 0. The second-order valence-electron chi connectivity index (χ2n) is 4.00. The van der Waals surface area contributed by atoms with Crippen molar-refractivity contribution >= 4 is 11.6 Å². The van der Waals surface area contributed by atoms with Gasteiger partial charge in [-0.1, -0.05) is 0 Å². The Morgan fingerprint density at radius 3 is 0.750 bits per heavy atom. The van der Waals surface area contributed by atoms with Crippen molar-refractivity contribution in [3.63, 3.8) is 0 Å². The van der Waals surface area contributed by atoms with Gasteiger partial charge in [0.15, 0.2) is 0 Å². The molecule has 4 nitrogen and oxygen atoms in total. The Hall–Kier alpha value is -0.740. The second-order valence-corrected chi connectivity index (χ2v) is 4.00. The van der Waals surface area contributed by atoms with Crippen LogP contribution in [-0.4, -0.2) is 34.0 Å². The van der Waals surface area contributed by atoms with Crippen LogP contribution in [0.2, 0.25) is 0 Å². The number of ketones is 2. The van der Waals surface area contributed by atoms with E-state index in [1.165, 1.54) is 27.7 Å². The zero-order valence-corrected chi connectivity index (χ0v) is 11.9. The summed E-state index contributed by atoms with van der Waals surface area (Å²) in [6, 6.07) is 0. The van der Waals surface area contributed by atoms with Gasteiger partial charge in [-0.3, -0.25) is 0 Å². The van der Waals surface area contributed by atoms with Crippen molar-refractivity contribution in [1.29, 1.82) is 0 Å². The van der Waals surface area contributed by atoms with E-state index >= 15 is 0 Å². The van der Waals surface area contributed by atoms with Crippen molar-refractivity contribution < 1.29 is 21.2 Å². The Balaban J connectivity index is -0.0000000369. The number of hydrogen-bond acceptors (Lipinski definition) is 4. The maximum atomic E-state index is 9.44. The predicted molar refractivity (Wildman–Crippen MR) is 69.5 cm³/mol. The molecule has 2 N–H and O–H groups in total. The number of aliphatic hydroxyl groups excluding tert-OH is 2. The highest BCUT2D eigenvalue weighted by molar-refractivity contribution is 5.72. The Kier molecular flexibility index (Phi) is 30.3. The van der Waals surface area contributed by atoms with Gasteiger partial charge in [-0.15, -0.1) is 0 Å². The molecule has 0 heterocycles. The molecule has 0 aliphatic rings. The summed E-state index contributed by atoms with van der Waals surface area (Å²) in [4.78, 5) is 18.9. The average Bonchev–Trinajstić information content (AvgIpc) is 1.76. The van der Waals surface area contributed by atoms with Crippen molar-refractivity contribution in [2.24, 2.45) is 0 Å². The first kappa shape index (κ1) is 24.5. The van der Waals surface area contributed by atoms with Crippen molar-refractivity contribution in [2.75, 3.05) is 0 Å². The number of aliphatic hydroxyl groups is 2. The first-order valence-corrected chi connectivity index (χ1v) is 5.23. The highest BCUT2D eigenvalue weighted by Gasteiger charge is 1.69. The molecule has 0 spiro atoms. The maximum absolute atomic E-state index is 9.44. The zero-order valence-electron chi connectivity index (χ0n) is 11.9. The molecule has 0 aromatic carbocycles. The molecule has 0 amide bonds. The fourth-order valence-electron chi connectivity index (χ4n) is 0. The third-order valence-electron chi connectivity index (χ3n) is 0. The number of rotatable bonds is 0. The molecule has 0 unspecified atom stereocenters. The summed E-state index contributed by atoms with van der Waals surface area (Å²) in [6.07, 6.45) is -0.333. The van der Waals surface area contributed by atoms with E-state index in [1.54, 1.807) is 27.7 Å². The lowest BCUT2D eigenvalue weighted by molar-refractivity contribution is -0.115. The van der Waals surface area contributed by atoms with E-state index in [1.807, 2.05) is 0 Å². The van der Waals surface area contributed by atoms with Gasteiger partial charge in [0.2, 0.25) is 0 Å². The third-order valence-corrected chi connectivity index (χ3v) is 0. The molecule has 0 aromatic heterocycles. The van der Waals surface area contributed by atoms with E-state index in [9.17, 15) is 9.59 Å². The Bertz CT molecular complexity index is 125. The van der Waals surface area contributed by atoms with Gasteiger partial charge >= 0.3 is 0 Å². The molecule has 0 saturated carbocycles. The van der Waals surface area contributed by atoms with Gasteiger partial charge < -0.3 is 19.8 Å². The van der Waals surface area contributed by atoms with Crippen LogP contribution in [0.3, 0.4) is 0 Å². The molecule has 0 rings (SSSR count). The molecule has 0 aliphatic carbocycles. The zero-order chi connectivity index (χ0) is 14.3. The molecule has 102 valence electrons. The SMILES string of the molecule is CC(C)=O.CC(C)=O.CC(C)O.CC(C)O.[HH]. The topological polar surface area (TPSA) is 74.6 Å². The summed E-state index contributed by atoms with van der Waals surface area (Å²) in [5.41, 5.74) is 0. The molecule has 0 aromatic rings. The maximum Gasteiger partial charge on any atom is 0.126 e. The highest BCUT2D eigenvalue weighted by Crippen LogP contribution is 1.65. The van der Waals surface area contributed by atoms with E-state index in [2.05, 4.69) is 0 Å². The van der Waals surface area contributed by atoms with Crippen LogP contribution in [0.15, 0.2) is 0 Å².